The highest BCUT2D eigenvalue weighted by molar-refractivity contribution is 6.01. The number of carbonyl (C=O) groups excluding carboxylic acids is 1. The summed E-state index contributed by atoms with van der Waals surface area (Å²) in [6, 6.07) is 11.6. The van der Waals surface area contributed by atoms with E-state index in [0.29, 0.717) is 22.7 Å². The first kappa shape index (κ1) is 18.4. The number of aliphatic hydroxyl groups excluding tert-OH is 1. The Balaban J connectivity index is 2.01. The Morgan fingerprint density at radius 1 is 1.28 bits per heavy atom. The van der Waals surface area contributed by atoms with Crippen LogP contribution in [0.1, 0.15) is 18.6 Å². The van der Waals surface area contributed by atoms with Gasteiger partial charge in [0.2, 0.25) is 5.91 Å². The molecular weight excluding hydrogens is 320 g/mol. The van der Waals surface area contributed by atoms with E-state index >= 15 is 0 Å². The number of anilines is 2. The number of methoxy groups -OCH3 is 1. The lowest BCUT2D eigenvalue weighted by molar-refractivity contribution is -0.111. The topological polar surface area (TPSA) is 105 Å². The van der Waals surface area contributed by atoms with Crippen molar-refractivity contribution in [3.8, 4) is 11.5 Å². The summed E-state index contributed by atoms with van der Waals surface area (Å²) < 4.78 is 4.98. The number of rotatable bonds is 6. The van der Waals surface area contributed by atoms with Crippen molar-refractivity contribution >= 4 is 17.3 Å². The third-order valence-electron chi connectivity index (χ3n) is 3.81. The number of para-hydroxylation sites is 2. The van der Waals surface area contributed by atoms with Gasteiger partial charge in [-0.3, -0.25) is 4.79 Å². The second-order valence-corrected chi connectivity index (χ2v) is 5.67. The quantitative estimate of drug-likeness (QED) is 0.477. The fourth-order valence-electron chi connectivity index (χ4n) is 2.32. The van der Waals surface area contributed by atoms with Gasteiger partial charge in [-0.1, -0.05) is 31.2 Å². The molecule has 0 aromatic heterocycles. The van der Waals surface area contributed by atoms with E-state index in [4.69, 9.17) is 10.5 Å². The molecule has 2 aromatic carbocycles. The Labute approximate surface area is 146 Å². The molecule has 0 radical (unpaired) electrons. The normalized spacial score (nSPS) is 13.4. The van der Waals surface area contributed by atoms with E-state index in [1.54, 1.807) is 49.4 Å². The SMILES string of the molecule is COc1ccc([C@H](O)[C@H](C)/C=C/C(=O)Nc2ccccc2N)cc1O. The standard InChI is InChI=1S/C19H22N2O4/c1-12(19(24)13-8-9-17(25-2)16(22)11-13)7-10-18(23)21-15-6-4-3-5-14(15)20/h3-12,19,22,24H,20H2,1-2H3,(H,21,23)/b10-7+/t12-,19-/m1/s1. The zero-order valence-corrected chi connectivity index (χ0v) is 14.1. The molecule has 6 nitrogen and oxygen atoms in total. The molecule has 2 atom stereocenters. The molecule has 2 rings (SSSR count). The van der Waals surface area contributed by atoms with Crippen LogP contribution < -0.4 is 15.8 Å². The molecule has 0 saturated heterocycles. The van der Waals surface area contributed by atoms with Crippen molar-refractivity contribution in [3.63, 3.8) is 0 Å². The maximum Gasteiger partial charge on any atom is 0.248 e. The fourth-order valence-corrected chi connectivity index (χ4v) is 2.32. The van der Waals surface area contributed by atoms with Crippen LogP contribution in [0, 0.1) is 5.92 Å². The highest BCUT2D eigenvalue weighted by Gasteiger charge is 2.16. The van der Waals surface area contributed by atoms with Crippen LogP contribution in [0.4, 0.5) is 11.4 Å². The van der Waals surface area contributed by atoms with Gasteiger partial charge in [0.15, 0.2) is 11.5 Å². The van der Waals surface area contributed by atoms with Crippen molar-refractivity contribution in [2.45, 2.75) is 13.0 Å². The smallest absolute Gasteiger partial charge is 0.248 e. The number of nitrogens with two attached hydrogens (primary N) is 1. The Morgan fingerprint density at radius 3 is 2.64 bits per heavy atom. The van der Waals surface area contributed by atoms with Gasteiger partial charge in [0.05, 0.1) is 24.6 Å². The summed E-state index contributed by atoms with van der Waals surface area (Å²) >= 11 is 0. The second-order valence-electron chi connectivity index (χ2n) is 5.67. The molecule has 2 aromatic rings. The van der Waals surface area contributed by atoms with Gasteiger partial charge in [-0.05, 0) is 35.9 Å². The molecule has 0 unspecified atom stereocenters. The molecule has 0 aliphatic rings. The van der Waals surface area contributed by atoms with Crippen molar-refractivity contribution in [1.29, 1.82) is 0 Å². The van der Waals surface area contributed by atoms with Gasteiger partial charge in [0.1, 0.15) is 0 Å². The number of aromatic hydroxyl groups is 1. The number of hydrogen-bond acceptors (Lipinski definition) is 5. The molecule has 5 N–H and O–H groups in total. The Hall–Kier alpha value is -2.99. The second kappa shape index (κ2) is 8.21. The number of carbonyl (C=O) groups is 1. The van der Waals surface area contributed by atoms with Crippen LogP contribution in [0.2, 0.25) is 0 Å². The van der Waals surface area contributed by atoms with E-state index in [1.807, 2.05) is 0 Å². The van der Waals surface area contributed by atoms with Crippen LogP contribution in [0.25, 0.3) is 0 Å². The van der Waals surface area contributed by atoms with E-state index in [9.17, 15) is 15.0 Å². The number of ether oxygens (including phenoxy) is 1. The lowest BCUT2D eigenvalue weighted by Crippen LogP contribution is -2.12. The zero-order valence-electron chi connectivity index (χ0n) is 14.1. The zero-order chi connectivity index (χ0) is 18.4. The predicted molar refractivity (Wildman–Crippen MR) is 97.4 cm³/mol. The summed E-state index contributed by atoms with van der Waals surface area (Å²) in [4.78, 5) is 12.0. The van der Waals surface area contributed by atoms with Crippen LogP contribution >= 0.6 is 0 Å². The molecule has 1 amide bonds. The number of nitrogens with one attached hydrogen (secondary N) is 1. The first-order chi connectivity index (χ1) is 11.9. The molecule has 0 aliphatic carbocycles. The Kier molecular flexibility index (Phi) is 6.03. The first-order valence-electron chi connectivity index (χ1n) is 7.81. The first-order valence-corrected chi connectivity index (χ1v) is 7.81. The van der Waals surface area contributed by atoms with Crippen molar-refractivity contribution < 1.29 is 19.7 Å². The summed E-state index contributed by atoms with van der Waals surface area (Å²) in [6.07, 6.45) is 2.08. The monoisotopic (exact) mass is 342 g/mol. The molecule has 0 saturated carbocycles. The van der Waals surface area contributed by atoms with E-state index in [1.165, 1.54) is 19.3 Å². The lowest BCUT2D eigenvalue weighted by Gasteiger charge is -2.17. The van der Waals surface area contributed by atoms with Gasteiger partial charge in [-0.2, -0.15) is 0 Å². The van der Waals surface area contributed by atoms with E-state index in [0.717, 1.165) is 0 Å². The van der Waals surface area contributed by atoms with Crippen LogP contribution in [0.15, 0.2) is 54.6 Å². The summed E-state index contributed by atoms with van der Waals surface area (Å²) in [5, 5.41) is 22.8. The average Bonchev–Trinajstić information content (AvgIpc) is 2.61. The summed E-state index contributed by atoms with van der Waals surface area (Å²) in [5.74, 6) is -0.396. The molecule has 0 fully saturated rings. The molecule has 6 heteroatoms. The summed E-state index contributed by atoms with van der Waals surface area (Å²) in [7, 11) is 1.45. The number of phenols is 1. The molecule has 25 heavy (non-hydrogen) atoms. The van der Waals surface area contributed by atoms with Crippen LogP contribution in [0.3, 0.4) is 0 Å². The summed E-state index contributed by atoms with van der Waals surface area (Å²) in [5.41, 5.74) is 7.32. The van der Waals surface area contributed by atoms with E-state index < -0.39 is 6.10 Å². The van der Waals surface area contributed by atoms with Gasteiger partial charge >= 0.3 is 0 Å². The van der Waals surface area contributed by atoms with E-state index in [2.05, 4.69) is 5.32 Å². The highest BCUT2D eigenvalue weighted by atomic mass is 16.5. The van der Waals surface area contributed by atoms with Gasteiger partial charge in [-0.15, -0.1) is 0 Å². The van der Waals surface area contributed by atoms with Crippen molar-refractivity contribution in [2.24, 2.45) is 5.92 Å². The number of nitrogen functional groups attached to an aromatic ring is 1. The van der Waals surface area contributed by atoms with Gasteiger partial charge in [0.25, 0.3) is 0 Å². The highest BCUT2D eigenvalue weighted by Crippen LogP contribution is 2.31. The van der Waals surface area contributed by atoms with Crippen molar-refractivity contribution in [3.05, 3.63) is 60.2 Å². The maximum absolute atomic E-state index is 12.0. The number of amides is 1. The molecular formula is C19H22N2O4. The number of phenolic OH excluding ortho intramolecular Hbond substituents is 1. The summed E-state index contributed by atoms with van der Waals surface area (Å²) in [6.45, 7) is 1.77. The van der Waals surface area contributed by atoms with Gasteiger partial charge < -0.3 is 26.0 Å². The molecule has 0 bridgehead atoms. The Morgan fingerprint density at radius 2 is 2.00 bits per heavy atom. The minimum atomic E-state index is -0.873. The van der Waals surface area contributed by atoms with Crippen LogP contribution in [-0.2, 0) is 4.79 Å². The molecule has 132 valence electrons. The fraction of sp³-hybridized carbons (Fsp3) is 0.211. The van der Waals surface area contributed by atoms with Crippen LogP contribution in [-0.4, -0.2) is 23.2 Å². The lowest BCUT2D eigenvalue weighted by atomic mass is 9.96. The third-order valence-corrected chi connectivity index (χ3v) is 3.81. The Bertz CT molecular complexity index is 774. The number of aliphatic hydroxyl groups is 1. The van der Waals surface area contributed by atoms with Crippen molar-refractivity contribution in [1.82, 2.24) is 0 Å². The molecule has 0 spiro atoms. The largest absolute Gasteiger partial charge is 0.504 e. The third kappa shape index (κ3) is 4.74. The van der Waals surface area contributed by atoms with Gasteiger partial charge in [-0.25, -0.2) is 0 Å². The minimum Gasteiger partial charge on any atom is -0.504 e. The minimum absolute atomic E-state index is 0.0486. The average molecular weight is 342 g/mol. The molecule has 0 heterocycles. The maximum atomic E-state index is 12.0. The van der Waals surface area contributed by atoms with Crippen molar-refractivity contribution in [2.75, 3.05) is 18.2 Å². The number of benzene rings is 2. The predicted octanol–water partition coefficient (Wildman–Crippen LogP) is 2.85. The molecule has 0 aliphatic heterocycles. The van der Waals surface area contributed by atoms with Gasteiger partial charge in [0, 0.05) is 5.92 Å². The number of hydrogen-bond donors (Lipinski definition) is 4. The van der Waals surface area contributed by atoms with Crippen LogP contribution in [0.5, 0.6) is 11.5 Å². The van der Waals surface area contributed by atoms with E-state index in [-0.39, 0.29) is 17.6 Å².